The second-order valence-electron chi connectivity index (χ2n) is 6.64. The Morgan fingerprint density at radius 3 is 1.20 bits per heavy atom. The van der Waals surface area contributed by atoms with Gasteiger partial charge in [0.05, 0.1) is 0 Å². The zero-order chi connectivity index (χ0) is 14.8. The molecule has 0 aromatic heterocycles. The monoisotopic (exact) mass is 342 g/mol. The molecule has 0 unspecified atom stereocenters. The van der Waals surface area contributed by atoms with Crippen LogP contribution >= 0.6 is 0 Å². The lowest BCUT2D eigenvalue weighted by Crippen LogP contribution is -2.64. The Morgan fingerprint density at radius 1 is 0.600 bits per heavy atom. The fourth-order valence-corrected chi connectivity index (χ4v) is 25.7. The highest BCUT2D eigenvalue weighted by atomic mass is 28.5. The van der Waals surface area contributed by atoms with E-state index in [4.69, 9.17) is 16.5 Å². The van der Waals surface area contributed by atoms with Crippen molar-refractivity contribution in [3.05, 3.63) is 24.3 Å². The van der Waals surface area contributed by atoms with Crippen molar-refractivity contribution in [2.75, 3.05) is 0 Å². The SMILES string of the molecule is C[Si]1(C)O[Si]2(C)O[Si](C)(C)O[Si](C)(O1)c1ccccc12. The molecule has 2 heterocycles. The van der Waals surface area contributed by atoms with Crippen LogP contribution in [0.4, 0.5) is 0 Å². The Kier molecular flexibility index (Phi) is 3.14. The van der Waals surface area contributed by atoms with Gasteiger partial charge in [-0.2, -0.15) is 0 Å². The lowest BCUT2D eigenvalue weighted by Gasteiger charge is -2.43. The molecule has 0 saturated heterocycles. The number of hydrogen-bond acceptors (Lipinski definition) is 4. The van der Waals surface area contributed by atoms with Gasteiger partial charge in [0.2, 0.25) is 0 Å². The summed E-state index contributed by atoms with van der Waals surface area (Å²) in [6.07, 6.45) is 0. The molecule has 0 amide bonds. The maximum absolute atomic E-state index is 6.51. The standard InChI is InChI=1S/C12H22O4Si4/c1-17(2)13-19(5)11-9-7-8-10-12(11)20(6,14-17)16-18(3,4)15-19/h7-10H,1-6H3. The summed E-state index contributed by atoms with van der Waals surface area (Å²) < 4.78 is 26.0. The molecule has 2 aliphatic rings. The van der Waals surface area contributed by atoms with Gasteiger partial charge in [-0.15, -0.1) is 0 Å². The van der Waals surface area contributed by atoms with Gasteiger partial charge in [-0.1, -0.05) is 24.3 Å². The van der Waals surface area contributed by atoms with Crippen molar-refractivity contribution in [1.82, 2.24) is 0 Å². The zero-order valence-electron chi connectivity index (χ0n) is 12.9. The van der Waals surface area contributed by atoms with Crippen LogP contribution in [0.15, 0.2) is 24.3 Å². The van der Waals surface area contributed by atoms with Crippen molar-refractivity contribution >= 4 is 44.6 Å². The number of hydrogen-bond donors (Lipinski definition) is 0. The maximum atomic E-state index is 6.51. The van der Waals surface area contributed by atoms with Crippen LogP contribution in [0.1, 0.15) is 0 Å². The van der Waals surface area contributed by atoms with Crippen molar-refractivity contribution in [3.8, 4) is 0 Å². The summed E-state index contributed by atoms with van der Waals surface area (Å²) in [6.45, 7) is 12.7. The second kappa shape index (κ2) is 4.23. The molecular formula is C12H22O4Si4. The van der Waals surface area contributed by atoms with Gasteiger partial charge in [-0.05, 0) is 49.7 Å². The van der Waals surface area contributed by atoms with E-state index in [2.05, 4.69) is 63.5 Å². The number of benzene rings is 1. The van der Waals surface area contributed by atoms with Crippen LogP contribution in [0.25, 0.3) is 0 Å². The largest absolute Gasteiger partial charge is 0.412 e. The predicted octanol–water partition coefficient (Wildman–Crippen LogP) is 1.74. The van der Waals surface area contributed by atoms with E-state index < -0.39 is 34.2 Å². The van der Waals surface area contributed by atoms with Gasteiger partial charge in [0, 0.05) is 0 Å². The summed E-state index contributed by atoms with van der Waals surface area (Å²) in [5.74, 6) is 0. The quantitative estimate of drug-likeness (QED) is 0.673. The van der Waals surface area contributed by atoms with E-state index in [0.717, 1.165) is 0 Å². The minimum atomic E-state index is -2.48. The first-order valence-electron chi connectivity index (χ1n) is 6.96. The molecular weight excluding hydrogens is 320 g/mol. The molecule has 1 aromatic carbocycles. The van der Waals surface area contributed by atoms with E-state index in [1.807, 2.05) is 0 Å². The minimum Gasteiger partial charge on any atom is -0.412 e. The minimum absolute atomic E-state index is 1.21. The van der Waals surface area contributed by atoms with Crippen molar-refractivity contribution in [2.45, 2.75) is 39.3 Å². The van der Waals surface area contributed by atoms with Crippen molar-refractivity contribution < 1.29 is 16.5 Å². The van der Waals surface area contributed by atoms with Crippen LogP contribution in [0, 0.1) is 0 Å². The van der Waals surface area contributed by atoms with Crippen LogP contribution in [0.2, 0.25) is 39.3 Å². The molecule has 3 rings (SSSR count). The average molecular weight is 343 g/mol. The van der Waals surface area contributed by atoms with E-state index in [1.165, 1.54) is 10.4 Å². The van der Waals surface area contributed by atoms with Gasteiger partial charge in [-0.3, -0.25) is 0 Å². The Balaban J connectivity index is 2.30. The highest BCUT2D eigenvalue weighted by molar-refractivity contribution is 7.06. The van der Waals surface area contributed by atoms with Crippen LogP contribution in [0.5, 0.6) is 0 Å². The van der Waals surface area contributed by atoms with Crippen LogP contribution in [0.3, 0.4) is 0 Å². The molecule has 4 nitrogen and oxygen atoms in total. The van der Waals surface area contributed by atoms with E-state index in [9.17, 15) is 0 Å². The van der Waals surface area contributed by atoms with E-state index in [1.54, 1.807) is 0 Å². The summed E-state index contributed by atoms with van der Waals surface area (Å²) in [5, 5.41) is 2.43. The predicted molar refractivity (Wildman–Crippen MR) is 88.3 cm³/mol. The van der Waals surface area contributed by atoms with E-state index >= 15 is 0 Å². The molecule has 20 heavy (non-hydrogen) atoms. The molecule has 2 bridgehead atoms. The third-order valence-corrected chi connectivity index (χ3v) is 20.8. The van der Waals surface area contributed by atoms with Gasteiger partial charge < -0.3 is 16.5 Å². The van der Waals surface area contributed by atoms with Gasteiger partial charge in [0.25, 0.3) is 0 Å². The summed E-state index contributed by atoms with van der Waals surface area (Å²) in [6, 6.07) is 8.41. The lowest BCUT2D eigenvalue weighted by atomic mass is 10.4. The molecule has 0 N–H and O–H groups in total. The summed E-state index contributed by atoms with van der Waals surface area (Å²) >= 11 is 0. The summed E-state index contributed by atoms with van der Waals surface area (Å²) in [7, 11) is -9.44. The van der Waals surface area contributed by atoms with E-state index in [-0.39, 0.29) is 0 Å². The maximum Gasteiger partial charge on any atom is 0.351 e. The molecule has 0 atom stereocenters. The number of rotatable bonds is 0. The smallest absolute Gasteiger partial charge is 0.351 e. The second-order valence-corrected chi connectivity index (χ2v) is 20.4. The highest BCUT2D eigenvalue weighted by Gasteiger charge is 2.61. The first kappa shape index (κ1) is 14.8. The Labute approximate surface area is 125 Å². The Hall–Kier alpha value is -0.0725. The van der Waals surface area contributed by atoms with Gasteiger partial charge in [0.1, 0.15) is 0 Å². The molecule has 0 aliphatic carbocycles. The Bertz CT molecular complexity index is 495. The van der Waals surface area contributed by atoms with Crippen LogP contribution in [-0.4, -0.2) is 34.2 Å². The topological polar surface area (TPSA) is 36.9 Å². The third-order valence-electron chi connectivity index (χ3n) is 3.67. The molecule has 1 aromatic rings. The highest BCUT2D eigenvalue weighted by Crippen LogP contribution is 2.33. The van der Waals surface area contributed by atoms with Crippen molar-refractivity contribution in [2.24, 2.45) is 0 Å². The van der Waals surface area contributed by atoms with E-state index in [0.29, 0.717) is 0 Å². The van der Waals surface area contributed by atoms with Crippen LogP contribution < -0.4 is 10.4 Å². The van der Waals surface area contributed by atoms with Crippen molar-refractivity contribution in [3.63, 3.8) is 0 Å². The molecule has 0 radical (unpaired) electrons. The molecule has 110 valence electrons. The van der Waals surface area contributed by atoms with Crippen molar-refractivity contribution in [1.29, 1.82) is 0 Å². The lowest BCUT2D eigenvalue weighted by molar-refractivity contribution is 0.251. The average Bonchev–Trinajstić information content (AvgIpc) is 2.33. The summed E-state index contributed by atoms with van der Waals surface area (Å²) in [4.78, 5) is 0. The normalized spacial score (nSPS) is 37.9. The molecule has 0 spiro atoms. The van der Waals surface area contributed by atoms with Crippen LogP contribution in [-0.2, 0) is 16.5 Å². The molecule has 8 heteroatoms. The fourth-order valence-electron chi connectivity index (χ4n) is 3.45. The first-order valence-corrected chi connectivity index (χ1v) is 17.2. The van der Waals surface area contributed by atoms with Gasteiger partial charge in [-0.25, -0.2) is 0 Å². The van der Waals surface area contributed by atoms with Gasteiger partial charge in [0.15, 0.2) is 0 Å². The first-order chi connectivity index (χ1) is 9.06. The Morgan fingerprint density at radius 2 is 0.900 bits per heavy atom. The molecule has 2 aliphatic heterocycles. The molecule has 0 fully saturated rings. The summed E-state index contributed by atoms with van der Waals surface area (Å²) in [5.41, 5.74) is 0. The third kappa shape index (κ3) is 2.33. The van der Waals surface area contributed by atoms with Gasteiger partial charge >= 0.3 is 34.2 Å². The zero-order valence-corrected chi connectivity index (χ0v) is 16.9. The molecule has 0 saturated carbocycles. The fraction of sp³-hybridized carbons (Fsp3) is 0.500.